The largest absolute Gasteiger partial charge is 0.388 e. The highest BCUT2D eigenvalue weighted by Gasteiger charge is 2.44. The van der Waals surface area contributed by atoms with E-state index in [1.54, 1.807) is 0 Å². The number of hydrogen-bond acceptors (Lipinski definition) is 10. The quantitative estimate of drug-likeness (QED) is 0.237. The summed E-state index contributed by atoms with van der Waals surface area (Å²) in [6, 6.07) is 13.7. The van der Waals surface area contributed by atoms with Gasteiger partial charge < -0.3 is 35.0 Å². The van der Waals surface area contributed by atoms with Crippen LogP contribution in [0.2, 0.25) is 0 Å². The average molecular weight is 523 g/mol. The smallest absolute Gasteiger partial charge is 0.262 e. The van der Waals surface area contributed by atoms with Crippen molar-refractivity contribution in [2.24, 2.45) is 0 Å². The molecule has 0 radical (unpaired) electrons. The van der Waals surface area contributed by atoms with Crippen LogP contribution in [0.4, 0.5) is 5.69 Å². The highest BCUT2D eigenvalue weighted by Crippen LogP contribution is 2.24. The van der Waals surface area contributed by atoms with Crippen molar-refractivity contribution in [2.45, 2.75) is 43.8 Å². The molecule has 1 aliphatic heterocycles. The van der Waals surface area contributed by atoms with Crippen LogP contribution in [0.3, 0.4) is 0 Å². The van der Waals surface area contributed by atoms with E-state index >= 15 is 0 Å². The van der Waals surface area contributed by atoms with E-state index in [9.17, 15) is 25.4 Å². The minimum Gasteiger partial charge on any atom is -0.388 e. The first kappa shape index (κ1) is 27.2. The number of nitrogens with zero attached hydrogens (tertiary/aromatic N) is 5. The molecule has 12 nitrogen and oxygen atoms in total. The number of aromatic nitrogens is 3. The topological polar surface area (TPSA) is 166 Å². The van der Waals surface area contributed by atoms with Gasteiger partial charge in [0.15, 0.2) is 6.29 Å². The van der Waals surface area contributed by atoms with Crippen molar-refractivity contribution < 1.29 is 29.6 Å². The fourth-order valence-electron chi connectivity index (χ4n) is 4.16. The lowest BCUT2D eigenvalue weighted by molar-refractivity contribution is -0.292. The molecular weight excluding hydrogens is 492 g/mol. The van der Waals surface area contributed by atoms with Crippen molar-refractivity contribution in [3.05, 3.63) is 59.4 Å². The number of carbonyl (C=O) groups is 1. The SMILES string of the molecule is COC1OC(Cn2cc(CNC(=O)C(C#N)=Cc3ccc4cc(N(C)C)ccc4c3)nn2)C(O)C(O)C1O. The molecule has 1 fully saturated rings. The minimum absolute atomic E-state index is 0.0129. The van der Waals surface area contributed by atoms with Crippen LogP contribution in [0.25, 0.3) is 16.8 Å². The van der Waals surface area contributed by atoms with E-state index in [0.717, 1.165) is 22.0 Å². The average Bonchev–Trinajstić information content (AvgIpc) is 3.37. The lowest BCUT2D eigenvalue weighted by Gasteiger charge is -2.39. The predicted octanol–water partition coefficient (Wildman–Crippen LogP) is 0.175. The minimum atomic E-state index is -1.45. The number of carbonyl (C=O) groups excluding carboxylic acids is 1. The summed E-state index contributed by atoms with van der Waals surface area (Å²) in [6.07, 6.45) is -3.15. The number of ether oxygens (including phenoxy) is 2. The zero-order valence-corrected chi connectivity index (χ0v) is 21.2. The molecule has 38 heavy (non-hydrogen) atoms. The van der Waals surface area contributed by atoms with E-state index in [4.69, 9.17) is 9.47 Å². The predicted molar refractivity (Wildman–Crippen MR) is 137 cm³/mol. The number of aliphatic hydroxyl groups excluding tert-OH is 3. The number of benzene rings is 2. The van der Waals surface area contributed by atoms with E-state index in [1.165, 1.54) is 24.1 Å². The van der Waals surface area contributed by atoms with Crippen molar-refractivity contribution in [1.82, 2.24) is 20.3 Å². The molecular formula is C26H30N6O6. The monoisotopic (exact) mass is 522 g/mol. The number of methoxy groups -OCH3 is 1. The standard InChI is InChI=1S/C26H30N6O6/c1-31(2)20-7-6-16-8-15(4-5-17(16)10-20)9-18(11-27)25(36)28-12-19-13-32(30-29-19)14-21-22(33)23(34)24(35)26(37-3)38-21/h4-10,13,21-24,26,33-35H,12,14H2,1-3H3,(H,28,36). The van der Waals surface area contributed by atoms with Crippen LogP contribution >= 0.6 is 0 Å². The Hall–Kier alpha value is -3.86. The summed E-state index contributed by atoms with van der Waals surface area (Å²) in [7, 11) is 5.26. The van der Waals surface area contributed by atoms with Crippen LogP contribution in [0.15, 0.2) is 48.2 Å². The van der Waals surface area contributed by atoms with Gasteiger partial charge in [-0.05, 0) is 40.6 Å². The fourth-order valence-corrected chi connectivity index (χ4v) is 4.16. The Balaban J connectivity index is 1.38. The number of rotatable bonds is 8. The highest BCUT2D eigenvalue weighted by molar-refractivity contribution is 6.02. The molecule has 12 heteroatoms. The van der Waals surface area contributed by atoms with Gasteiger partial charge in [-0.25, -0.2) is 4.68 Å². The number of anilines is 1. The molecule has 0 saturated carbocycles. The second kappa shape index (κ2) is 11.7. The Bertz CT molecular complexity index is 1360. The number of amides is 1. The van der Waals surface area contributed by atoms with Gasteiger partial charge in [0.1, 0.15) is 41.8 Å². The summed E-state index contributed by atoms with van der Waals surface area (Å²) in [6.45, 7) is 0.0338. The molecule has 200 valence electrons. The molecule has 4 N–H and O–H groups in total. The Morgan fingerprint density at radius 3 is 2.63 bits per heavy atom. The maximum atomic E-state index is 12.7. The summed E-state index contributed by atoms with van der Waals surface area (Å²) in [5, 5.41) is 52.3. The van der Waals surface area contributed by atoms with Gasteiger partial charge in [0.2, 0.25) is 0 Å². The van der Waals surface area contributed by atoms with E-state index in [-0.39, 0.29) is 18.7 Å². The van der Waals surface area contributed by atoms with Crippen molar-refractivity contribution >= 4 is 28.4 Å². The summed E-state index contributed by atoms with van der Waals surface area (Å²) in [5.41, 5.74) is 2.15. The lowest BCUT2D eigenvalue weighted by Crippen LogP contribution is -2.58. The van der Waals surface area contributed by atoms with E-state index in [2.05, 4.69) is 21.7 Å². The molecule has 0 aliphatic carbocycles. The van der Waals surface area contributed by atoms with Gasteiger partial charge in [0.05, 0.1) is 19.3 Å². The number of nitriles is 1. The van der Waals surface area contributed by atoms with Gasteiger partial charge in [0.25, 0.3) is 5.91 Å². The Labute approximate surface area is 219 Å². The second-order valence-electron chi connectivity index (χ2n) is 9.22. The summed E-state index contributed by atoms with van der Waals surface area (Å²) in [5.74, 6) is -0.559. The molecule has 1 saturated heterocycles. The first-order valence-corrected chi connectivity index (χ1v) is 11.9. The molecule has 0 spiro atoms. The van der Waals surface area contributed by atoms with Crippen LogP contribution in [0, 0.1) is 11.3 Å². The van der Waals surface area contributed by atoms with Gasteiger partial charge in [-0.15, -0.1) is 5.10 Å². The van der Waals surface area contributed by atoms with E-state index in [0.29, 0.717) is 5.69 Å². The summed E-state index contributed by atoms with van der Waals surface area (Å²) in [4.78, 5) is 14.7. The van der Waals surface area contributed by atoms with Gasteiger partial charge >= 0.3 is 0 Å². The zero-order chi connectivity index (χ0) is 27.4. The van der Waals surface area contributed by atoms with Crippen LogP contribution in [0.1, 0.15) is 11.3 Å². The van der Waals surface area contributed by atoms with Crippen molar-refractivity contribution in [3.63, 3.8) is 0 Å². The molecule has 5 atom stereocenters. The summed E-state index contributed by atoms with van der Waals surface area (Å²) < 4.78 is 11.9. The van der Waals surface area contributed by atoms with Gasteiger partial charge in [-0.1, -0.05) is 23.4 Å². The number of hydrogen-bond donors (Lipinski definition) is 4. The molecule has 0 bridgehead atoms. The lowest BCUT2D eigenvalue weighted by atomic mass is 9.99. The van der Waals surface area contributed by atoms with E-state index in [1.807, 2.05) is 55.4 Å². The third-order valence-electron chi connectivity index (χ3n) is 6.32. The van der Waals surface area contributed by atoms with Crippen LogP contribution in [-0.2, 0) is 27.4 Å². The van der Waals surface area contributed by atoms with Crippen molar-refractivity contribution in [2.75, 3.05) is 26.1 Å². The fraction of sp³-hybridized carbons (Fsp3) is 0.385. The molecule has 1 amide bonds. The maximum absolute atomic E-state index is 12.7. The molecule has 4 rings (SSSR count). The Morgan fingerprint density at radius 1 is 1.18 bits per heavy atom. The van der Waals surface area contributed by atoms with Crippen LogP contribution in [-0.4, -0.2) is 88.1 Å². The molecule has 1 aromatic heterocycles. The van der Waals surface area contributed by atoms with Gasteiger partial charge in [-0.3, -0.25) is 4.79 Å². The maximum Gasteiger partial charge on any atom is 0.262 e. The van der Waals surface area contributed by atoms with Gasteiger partial charge in [-0.2, -0.15) is 5.26 Å². The normalized spacial score (nSPS) is 23.7. The first-order valence-electron chi connectivity index (χ1n) is 11.9. The third kappa shape index (κ3) is 5.99. The molecule has 2 heterocycles. The Morgan fingerprint density at radius 2 is 1.92 bits per heavy atom. The highest BCUT2D eigenvalue weighted by atomic mass is 16.7. The van der Waals surface area contributed by atoms with Crippen LogP contribution < -0.4 is 10.2 Å². The zero-order valence-electron chi connectivity index (χ0n) is 21.2. The summed E-state index contributed by atoms with van der Waals surface area (Å²) >= 11 is 0. The van der Waals surface area contributed by atoms with Crippen LogP contribution in [0.5, 0.6) is 0 Å². The first-order chi connectivity index (χ1) is 18.2. The molecule has 1 aliphatic rings. The van der Waals surface area contributed by atoms with Crippen molar-refractivity contribution in [1.29, 1.82) is 5.26 Å². The second-order valence-corrected chi connectivity index (χ2v) is 9.22. The van der Waals surface area contributed by atoms with Crippen molar-refractivity contribution in [3.8, 4) is 6.07 Å². The third-order valence-corrected chi connectivity index (χ3v) is 6.32. The van der Waals surface area contributed by atoms with E-state index < -0.39 is 36.6 Å². The Kier molecular flexibility index (Phi) is 8.35. The van der Waals surface area contributed by atoms with Gasteiger partial charge in [0, 0.05) is 26.9 Å². The number of nitrogens with one attached hydrogen (secondary N) is 1. The molecule has 5 unspecified atom stereocenters. The number of fused-ring (bicyclic) bond motifs is 1. The number of aliphatic hydroxyl groups is 3. The molecule has 3 aromatic rings. The molecule has 2 aromatic carbocycles.